The Labute approximate surface area is 118 Å². The van der Waals surface area contributed by atoms with E-state index in [-0.39, 0.29) is 18.1 Å². The van der Waals surface area contributed by atoms with Gasteiger partial charge in [-0.05, 0) is 61.8 Å². The number of fused-ring (bicyclic) bond motifs is 1. The van der Waals surface area contributed by atoms with Crippen molar-refractivity contribution in [1.82, 2.24) is 5.32 Å². The van der Waals surface area contributed by atoms with E-state index in [9.17, 15) is 9.90 Å². The quantitative estimate of drug-likeness (QED) is 0.893. The maximum Gasteiger partial charge on any atom is 0.251 e. The van der Waals surface area contributed by atoms with Gasteiger partial charge in [0.05, 0.1) is 6.10 Å². The molecule has 3 unspecified atom stereocenters. The molecule has 3 rings (SSSR count). The van der Waals surface area contributed by atoms with E-state index in [2.05, 4.69) is 12.2 Å². The smallest absolute Gasteiger partial charge is 0.251 e. The van der Waals surface area contributed by atoms with E-state index in [4.69, 9.17) is 11.6 Å². The average molecular weight is 280 g/mol. The van der Waals surface area contributed by atoms with Gasteiger partial charge < -0.3 is 10.4 Å². The van der Waals surface area contributed by atoms with Crippen LogP contribution in [0.3, 0.4) is 0 Å². The normalized spacial score (nSPS) is 33.6. The van der Waals surface area contributed by atoms with Crippen LogP contribution in [0, 0.1) is 17.8 Å². The summed E-state index contributed by atoms with van der Waals surface area (Å²) >= 11 is 5.81. The summed E-state index contributed by atoms with van der Waals surface area (Å²) in [5.74, 6) is 1.71. The molecule has 4 heteroatoms. The molecule has 2 N–H and O–H groups in total. The molecular weight excluding hydrogens is 262 g/mol. The Hall–Kier alpha value is -1.06. The first-order valence-electron chi connectivity index (χ1n) is 6.81. The molecule has 0 spiro atoms. The van der Waals surface area contributed by atoms with Crippen LogP contribution in [-0.2, 0) is 0 Å². The predicted molar refractivity (Wildman–Crippen MR) is 74.1 cm³/mol. The lowest BCUT2D eigenvalue weighted by molar-refractivity contribution is 0.0929. The number of benzene rings is 1. The average Bonchev–Trinajstić information content (AvgIpc) is 2.88. The van der Waals surface area contributed by atoms with Gasteiger partial charge in [0, 0.05) is 16.6 Å². The third-order valence-electron chi connectivity index (χ3n) is 4.53. The topological polar surface area (TPSA) is 49.3 Å². The van der Waals surface area contributed by atoms with Crippen LogP contribution >= 0.6 is 11.6 Å². The molecule has 0 aliphatic heterocycles. The van der Waals surface area contributed by atoms with Crippen molar-refractivity contribution in [2.24, 2.45) is 17.8 Å². The zero-order valence-corrected chi connectivity index (χ0v) is 11.6. The minimum Gasteiger partial charge on any atom is -0.393 e. The highest BCUT2D eigenvalue weighted by Crippen LogP contribution is 2.58. The van der Waals surface area contributed by atoms with E-state index in [0.717, 1.165) is 12.8 Å². The Morgan fingerprint density at radius 3 is 2.47 bits per heavy atom. The molecular formula is C15H18ClNO2. The number of aliphatic hydroxyl groups is 1. The lowest BCUT2D eigenvalue weighted by atomic mass is 10.0. The van der Waals surface area contributed by atoms with Gasteiger partial charge in [0.2, 0.25) is 0 Å². The van der Waals surface area contributed by atoms with Gasteiger partial charge in [-0.1, -0.05) is 11.6 Å². The third-order valence-corrected chi connectivity index (χ3v) is 4.78. The summed E-state index contributed by atoms with van der Waals surface area (Å²) in [5.41, 5.74) is 0.641. The van der Waals surface area contributed by atoms with Crippen LogP contribution < -0.4 is 5.32 Å². The number of hydrogen-bond donors (Lipinski definition) is 2. The molecule has 19 heavy (non-hydrogen) atoms. The second-order valence-corrected chi connectivity index (χ2v) is 6.24. The molecule has 2 fully saturated rings. The number of carbonyl (C=O) groups is 1. The number of rotatable bonds is 3. The lowest BCUT2D eigenvalue weighted by Gasteiger charge is -2.17. The summed E-state index contributed by atoms with van der Waals surface area (Å²) in [6, 6.07) is 7.10. The van der Waals surface area contributed by atoms with Crippen LogP contribution in [0.1, 0.15) is 30.1 Å². The Morgan fingerprint density at radius 2 is 1.89 bits per heavy atom. The Morgan fingerprint density at radius 1 is 1.32 bits per heavy atom. The maximum atomic E-state index is 12.1. The van der Waals surface area contributed by atoms with E-state index < -0.39 is 0 Å². The number of carbonyl (C=O) groups excluding carboxylic acids is 1. The molecule has 0 heterocycles. The van der Waals surface area contributed by atoms with Crippen LogP contribution in [0.4, 0.5) is 0 Å². The second-order valence-electron chi connectivity index (χ2n) is 5.80. The third kappa shape index (κ3) is 2.49. The number of nitrogens with one attached hydrogen (secondary N) is 1. The van der Waals surface area contributed by atoms with E-state index in [1.54, 1.807) is 24.3 Å². The maximum absolute atomic E-state index is 12.1. The Kier molecular flexibility index (Phi) is 3.27. The molecule has 1 aromatic carbocycles. The highest BCUT2D eigenvalue weighted by Gasteiger charge is 2.57. The molecule has 102 valence electrons. The van der Waals surface area contributed by atoms with Crippen LogP contribution in [0.15, 0.2) is 24.3 Å². The van der Waals surface area contributed by atoms with Crippen LogP contribution in [0.5, 0.6) is 0 Å². The first-order valence-corrected chi connectivity index (χ1v) is 7.18. The highest BCUT2D eigenvalue weighted by atomic mass is 35.5. The minimum absolute atomic E-state index is 0.0466. The molecule has 0 aromatic heterocycles. The summed E-state index contributed by atoms with van der Waals surface area (Å²) in [5, 5.41) is 13.2. The number of halogens is 1. The van der Waals surface area contributed by atoms with Crippen molar-refractivity contribution in [3.63, 3.8) is 0 Å². The molecule has 1 aromatic rings. The fraction of sp³-hybridized carbons (Fsp3) is 0.533. The summed E-state index contributed by atoms with van der Waals surface area (Å²) in [6.07, 6.45) is 1.68. The molecule has 0 saturated heterocycles. The van der Waals surface area contributed by atoms with Crippen molar-refractivity contribution in [1.29, 1.82) is 0 Å². The Balaban J connectivity index is 1.57. The summed E-state index contributed by atoms with van der Waals surface area (Å²) in [6.45, 7) is 2.06. The van der Waals surface area contributed by atoms with Gasteiger partial charge >= 0.3 is 0 Å². The van der Waals surface area contributed by atoms with E-state index >= 15 is 0 Å². The molecule has 0 radical (unpaired) electrons. The zero-order chi connectivity index (χ0) is 13.6. The summed E-state index contributed by atoms with van der Waals surface area (Å²) in [4.78, 5) is 12.1. The molecule has 3 atom stereocenters. The Bertz CT molecular complexity index is 475. The fourth-order valence-electron chi connectivity index (χ4n) is 3.59. The fourth-order valence-corrected chi connectivity index (χ4v) is 3.72. The number of amides is 1. The van der Waals surface area contributed by atoms with E-state index in [1.165, 1.54) is 0 Å². The van der Waals surface area contributed by atoms with Crippen molar-refractivity contribution >= 4 is 17.5 Å². The molecule has 0 bridgehead atoms. The first-order chi connectivity index (χ1) is 9.06. The van der Waals surface area contributed by atoms with Crippen LogP contribution in [0.2, 0.25) is 5.02 Å². The SMILES string of the molecule is CC(NC(=O)c1ccc(Cl)cc1)C1C2CC(O)CC21. The van der Waals surface area contributed by atoms with Crippen molar-refractivity contribution in [2.45, 2.75) is 31.9 Å². The summed E-state index contributed by atoms with van der Waals surface area (Å²) < 4.78 is 0. The molecule has 2 aliphatic carbocycles. The van der Waals surface area contributed by atoms with Gasteiger partial charge in [-0.15, -0.1) is 0 Å². The lowest BCUT2D eigenvalue weighted by Crippen LogP contribution is -2.35. The molecule has 3 nitrogen and oxygen atoms in total. The minimum atomic E-state index is -0.120. The van der Waals surface area contributed by atoms with Crippen molar-refractivity contribution < 1.29 is 9.90 Å². The largest absolute Gasteiger partial charge is 0.393 e. The van der Waals surface area contributed by atoms with Gasteiger partial charge in [0.1, 0.15) is 0 Å². The molecule has 1 amide bonds. The number of hydrogen-bond acceptors (Lipinski definition) is 2. The summed E-state index contributed by atoms with van der Waals surface area (Å²) in [7, 11) is 0. The predicted octanol–water partition coefficient (Wildman–Crippen LogP) is 2.48. The van der Waals surface area contributed by atoms with Crippen LogP contribution in [-0.4, -0.2) is 23.2 Å². The van der Waals surface area contributed by atoms with Crippen molar-refractivity contribution in [2.75, 3.05) is 0 Å². The van der Waals surface area contributed by atoms with Gasteiger partial charge in [-0.2, -0.15) is 0 Å². The van der Waals surface area contributed by atoms with Gasteiger partial charge in [-0.25, -0.2) is 0 Å². The first kappa shape index (κ1) is 12.9. The van der Waals surface area contributed by atoms with E-state index in [1.807, 2.05) is 0 Å². The van der Waals surface area contributed by atoms with Crippen molar-refractivity contribution in [3.05, 3.63) is 34.9 Å². The van der Waals surface area contributed by atoms with Crippen molar-refractivity contribution in [3.8, 4) is 0 Å². The van der Waals surface area contributed by atoms with Gasteiger partial charge in [0.15, 0.2) is 0 Å². The highest BCUT2D eigenvalue weighted by molar-refractivity contribution is 6.30. The second kappa shape index (κ2) is 4.80. The number of aliphatic hydroxyl groups excluding tert-OH is 1. The molecule has 2 aliphatic rings. The monoisotopic (exact) mass is 279 g/mol. The molecule has 2 saturated carbocycles. The van der Waals surface area contributed by atoms with Gasteiger partial charge in [-0.3, -0.25) is 4.79 Å². The standard InChI is InChI=1S/C15H18ClNO2/c1-8(14-12-6-11(18)7-13(12)14)17-15(19)9-2-4-10(16)5-3-9/h2-5,8,11-14,18H,6-7H2,1H3,(H,17,19). The zero-order valence-electron chi connectivity index (χ0n) is 10.8. The van der Waals surface area contributed by atoms with E-state index in [0.29, 0.717) is 28.3 Å². The van der Waals surface area contributed by atoms with Crippen LogP contribution in [0.25, 0.3) is 0 Å². The van der Waals surface area contributed by atoms with Gasteiger partial charge in [0.25, 0.3) is 5.91 Å².